The van der Waals surface area contributed by atoms with E-state index in [1.54, 1.807) is 0 Å². The fourth-order valence-electron chi connectivity index (χ4n) is 0.334. The maximum atomic E-state index is 5.07. The molecule has 1 radical (unpaired) electrons. The molecule has 3 heteroatoms. The van der Waals surface area contributed by atoms with Gasteiger partial charge < -0.3 is 0 Å². The lowest BCUT2D eigenvalue weighted by atomic mass is 10.6. The number of hydrogen-bond acceptors (Lipinski definition) is 3. The van der Waals surface area contributed by atoms with Crippen molar-refractivity contribution in [2.45, 2.75) is 0 Å². The molecule has 1 aromatic heterocycles. The predicted octanol–water partition coefficient (Wildman–Crippen LogP) is 0.318. The lowest BCUT2D eigenvalue weighted by Crippen LogP contribution is -1.84. The van der Waals surface area contributed by atoms with Crippen LogP contribution >= 0.6 is 0 Å². The summed E-state index contributed by atoms with van der Waals surface area (Å²) in [6.45, 7) is 5.07. The van der Waals surface area contributed by atoms with Crippen LogP contribution in [0.25, 0.3) is 6.08 Å². The quantitative estimate of drug-likeness (QED) is 0.517. The summed E-state index contributed by atoms with van der Waals surface area (Å²) in [6, 6.07) is 0. The maximum Gasteiger partial charge on any atom is 0.155 e. The molecule has 1 aromatic rings. The highest BCUT2D eigenvalue weighted by molar-refractivity contribution is 5.31. The molecule has 3 nitrogen and oxygen atoms in total. The third-order valence-electron chi connectivity index (χ3n) is 0.662. The Balaban J connectivity index is 2.99. The average Bonchev–Trinajstić information content (AvgIpc) is 1.90. The molecule has 39 valence electrons. The first-order valence-corrected chi connectivity index (χ1v) is 2.10. The molecule has 0 unspecified atom stereocenters. The minimum atomic E-state index is 0.500. The van der Waals surface area contributed by atoms with Gasteiger partial charge in [0.2, 0.25) is 0 Å². The molecule has 1 rings (SSSR count). The van der Waals surface area contributed by atoms with Crippen molar-refractivity contribution in [2.75, 3.05) is 0 Å². The van der Waals surface area contributed by atoms with Crippen LogP contribution in [0.15, 0.2) is 12.7 Å². The van der Waals surface area contributed by atoms with Crippen molar-refractivity contribution < 1.29 is 0 Å². The SMILES string of the molecule is [CH]=Cc1ncncn1. The number of nitrogens with zero attached hydrogens (tertiary/aromatic N) is 3. The van der Waals surface area contributed by atoms with Crippen LogP contribution in [-0.2, 0) is 0 Å². The van der Waals surface area contributed by atoms with Crippen molar-refractivity contribution in [3.8, 4) is 0 Å². The topological polar surface area (TPSA) is 38.7 Å². The van der Waals surface area contributed by atoms with E-state index < -0.39 is 0 Å². The van der Waals surface area contributed by atoms with Crippen LogP contribution in [0.4, 0.5) is 0 Å². The average molecular weight is 106 g/mol. The van der Waals surface area contributed by atoms with Gasteiger partial charge in [0.05, 0.1) is 0 Å². The van der Waals surface area contributed by atoms with Gasteiger partial charge in [0, 0.05) is 0 Å². The zero-order chi connectivity index (χ0) is 5.82. The fourth-order valence-corrected chi connectivity index (χ4v) is 0.334. The van der Waals surface area contributed by atoms with Crippen molar-refractivity contribution in [3.05, 3.63) is 25.1 Å². The summed E-state index contributed by atoms with van der Waals surface area (Å²) in [6.07, 6.45) is 4.11. The van der Waals surface area contributed by atoms with Crippen molar-refractivity contribution in [3.63, 3.8) is 0 Å². The zero-order valence-electron chi connectivity index (χ0n) is 4.15. The van der Waals surface area contributed by atoms with Gasteiger partial charge >= 0.3 is 0 Å². The summed E-state index contributed by atoms with van der Waals surface area (Å²) in [5.41, 5.74) is 0. The molecule has 0 bridgehead atoms. The maximum absolute atomic E-state index is 5.07. The fraction of sp³-hybridized carbons (Fsp3) is 0. The van der Waals surface area contributed by atoms with Crippen LogP contribution in [0.2, 0.25) is 0 Å². The first kappa shape index (κ1) is 4.90. The van der Waals surface area contributed by atoms with Gasteiger partial charge in [-0.3, -0.25) is 0 Å². The molecule has 0 saturated carbocycles. The zero-order valence-corrected chi connectivity index (χ0v) is 4.15. The van der Waals surface area contributed by atoms with E-state index in [1.165, 1.54) is 18.7 Å². The van der Waals surface area contributed by atoms with E-state index >= 15 is 0 Å². The molecule has 0 fully saturated rings. The minimum absolute atomic E-state index is 0.500. The van der Waals surface area contributed by atoms with Gasteiger partial charge in [-0.05, 0) is 6.08 Å². The van der Waals surface area contributed by atoms with E-state index in [9.17, 15) is 0 Å². The van der Waals surface area contributed by atoms with Crippen LogP contribution < -0.4 is 0 Å². The Kier molecular flexibility index (Phi) is 1.32. The van der Waals surface area contributed by atoms with E-state index in [4.69, 9.17) is 6.58 Å². The Hall–Kier alpha value is -1.25. The Labute approximate surface area is 47.1 Å². The Morgan fingerprint density at radius 3 is 2.38 bits per heavy atom. The standard InChI is InChI=1S/C5H4N3/c1-2-5-7-3-6-4-8-5/h1-4H. The third-order valence-corrected chi connectivity index (χ3v) is 0.662. The monoisotopic (exact) mass is 106 g/mol. The molecule has 8 heavy (non-hydrogen) atoms. The van der Waals surface area contributed by atoms with Gasteiger partial charge in [0.1, 0.15) is 12.7 Å². The molecule has 0 atom stereocenters. The van der Waals surface area contributed by atoms with Gasteiger partial charge in [-0.1, -0.05) is 6.58 Å². The Bertz CT molecular complexity index is 170. The third kappa shape index (κ3) is 0.872. The lowest BCUT2D eigenvalue weighted by Gasteiger charge is -1.82. The largest absolute Gasteiger partial charge is 0.225 e. The Morgan fingerprint density at radius 1 is 1.38 bits per heavy atom. The van der Waals surface area contributed by atoms with E-state index in [0.717, 1.165) is 0 Å². The van der Waals surface area contributed by atoms with E-state index in [1.807, 2.05) is 0 Å². The van der Waals surface area contributed by atoms with E-state index in [-0.39, 0.29) is 0 Å². The second-order valence-electron chi connectivity index (χ2n) is 1.16. The van der Waals surface area contributed by atoms with E-state index in [2.05, 4.69) is 15.0 Å². The molecular formula is C5H4N3. The van der Waals surface area contributed by atoms with Gasteiger partial charge in [0.15, 0.2) is 5.82 Å². The summed E-state index contributed by atoms with van der Waals surface area (Å²) >= 11 is 0. The summed E-state index contributed by atoms with van der Waals surface area (Å²) < 4.78 is 0. The second kappa shape index (κ2) is 2.16. The van der Waals surface area contributed by atoms with Crippen LogP contribution in [-0.4, -0.2) is 15.0 Å². The molecular weight excluding hydrogens is 102 g/mol. The van der Waals surface area contributed by atoms with Gasteiger partial charge in [-0.15, -0.1) is 0 Å². The normalized spacial score (nSPS) is 8.50. The molecule has 0 aromatic carbocycles. The van der Waals surface area contributed by atoms with Gasteiger partial charge in [-0.25, -0.2) is 15.0 Å². The van der Waals surface area contributed by atoms with Gasteiger partial charge in [-0.2, -0.15) is 0 Å². The van der Waals surface area contributed by atoms with Gasteiger partial charge in [0.25, 0.3) is 0 Å². The molecule has 0 amide bonds. The first-order valence-electron chi connectivity index (χ1n) is 2.10. The van der Waals surface area contributed by atoms with Crippen LogP contribution in [0.5, 0.6) is 0 Å². The summed E-state index contributed by atoms with van der Waals surface area (Å²) in [5.74, 6) is 0.500. The molecule has 0 spiro atoms. The van der Waals surface area contributed by atoms with Crippen molar-refractivity contribution in [1.29, 1.82) is 0 Å². The van der Waals surface area contributed by atoms with Crippen LogP contribution in [0, 0.1) is 6.58 Å². The smallest absolute Gasteiger partial charge is 0.155 e. The first-order chi connectivity index (χ1) is 3.93. The lowest BCUT2D eigenvalue weighted by molar-refractivity contribution is 1.03. The number of hydrogen-bond donors (Lipinski definition) is 0. The van der Waals surface area contributed by atoms with Crippen LogP contribution in [0.3, 0.4) is 0 Å². The minimum Gasteiger partial charge on any atom is -0.225 e. The Morgan fingerprint density at radius 2 is 2.00 bits per heavy atom. The highest BCUT2D eigenvalue weighted by Crippen LogP contribution is 1.82. The van der Waals surface area contributed by atoms with E-state index in [0.29, 0.717) is 5.82 Å². The number of aromatic nitrogens is 3. The molecule has 1 heterocycles. The highest BCUT2D eigenvalue weighted by atomic mass is 15.0. The van der Waals surface area contributed by atoms with Crippen molar-refractivity contribution in [2.24, 2.45) is 0 Å². The summed E-state index contributed by atoms with van der Waals surface area (Å²) in [7, 11) is 0. The summed E-state index contributed by atoms with van der Waals surface area (Å²) in [5, 5.41) is 0. The summed E-state index contributed by atoms with van der Waals surface area (Å²) in [4.78, 5) is 11.0. The highest BCUT2D eigenvalue weighted by Gasteiger charge is 1.80. The number of rotatable bonds is 1. The molecule has 0 aliphatic heterocycles. The second-order valence-corrected chi connectivity index (χ2v) is 1.16. The molecule has 0 N–H and O–H groups in total. The molecule has 0 saturated heterocycles. The predicted molar refractivity (Wildman–Crippen MR) is 28.6 cm³/mol. The van der Waals surface area contributed by atoms with Crippen molar-refractivity contribution in [1.82, 2.24) is 15.0 Å². The van der Waals surface area contributed by atoms with Crippen LogP contribution in [0.1, 0.15) is 5.82 Å². The molecule has 0 aliphatic carbocycles. The molecule has 0 aliphatic rings. The van der Waals surface area contributed by atoms with Crippen molar-refractivity contribution >= 4 is 6.08 Å².